The number of carbonyl (C=O) groups is 3. The van der Waals surface area contributed by atoms with E-state index in [1.807, 2.05) is 77.5 Å². The van der Waals surface area contributed by atoms with Gasteiger partial charge < -0.3 is 15.1 Å². The van der Waals surface area contributed by atoms with Crippen LogP contribution in [0.15, 0.2) is 79.0 Å². The van der Waals surface area contributed by atoms with Gasteiger partial charge in [-0.25, -0.2) is 4.79 Å². The molecule has 9 heteroatoms. The number of carbonyl (C=O) groups excluding carboxylic acids is 3. The summed E-state index contributed by atoms with van der Waals surface area (Å²) < 4.78 is 0. The molecule has 9 nitrogen and oxygen atoms in total. The van der Waals surface area contributed by atoms with Gasteiger partial charge >= 0.3 is 6.03 Å². The van der Waals surface area contributed by atoms with Crippen molar-refractivity contribution in [2.75, 3.05) is 26.2 Å². The number of allylic oxidation sites excluding steroid dienone is 1. The summed E-state index contributed by atoms with van der Waals surface area (Å²) in [6.45, 7) is 3.75. The molecule has 2 aromatic carbocycles. The van der Waals surface area contributed by atoms with E-state index in [0.717, 1.165) is 47.7 Å². The lowest BCUT2D eigenvalue weighted by Gasteiger charge is -2.46. The lowest BCUT2D eigenvalue weighted by Crippen LogP contribution is -2.63. The summed E-state index contributed by atoms with van der Waals surface area (Å²) in [5.74, 6) is 0.0383. The highest BCUT2D eigenvalue weighted by atomic mass is 16.2. The number of nitrogens with zero attached hydrogens (tertiary/aromatic N) is 5. The number of rotatable bonds is 8. The molecular weight excluding hydrogens is 528 g/mol. The number of benzene rings is 2. The molecule has 0 bridgehead atoms. The predicted octanol–water partition coefficient (Wildman–Crippen LogP) is 4.48. The summed E-state index contributed by atoms with van der Waals surface area (Å²) in [5, 5.41) is 7.69. The Bertz CT molecular complexity index is 1470. The third kappa shape index (κ3) is 5.48. The highest BCUT2D eigenvalue weighted by Crippen LogP contribution is 2.36. The van der Waals surface area contributed by atoms with Gasteiger partial charge in [-0.2, -0.15) is 5.01 Å². The molecule has 2 aliphatic heterocycles. The molecule has 1 aliphatic carbocycles. The Kier molecular flexibility index (Phi) is 8.19. The standard InChI is InChI=1S/C33H38N6O3/c1-2-19-37(33(42)35-20-24-11-5-3-6-12-24)38-23-29(40)39-28(38)22-36(32(41)31(39)26-13-7-4-8-14-26)21-27-16-9-15-25-17-10-18-34-30(25)27/h4-5,7-11,13-18,24,28,31H,2-3,6,12,19-23H2,1H3,(H,35,42)/t24?,28?,31-/m0/s1. The number of para-hydroxylation sites is 1. The van der Waals surface area contributed by atoms with Crippen molar-refractivity contribution < 1.29 is 14.4 Å². The molecule has 1 N–H and O–H groups in total. The van der Waals surface area contributed by atoms with Crippen LogP contribution in [0.25, 0.3) is 10.9 Å². The number of nitrogens with one attached hydrogen (secondary N) is 1. The third-order valence-corrected chi connectivity index (χ3v) is 8.50. The van der Waals surface area contributed by atoms with Gasteiger partial charge in [-0.3, -0.25) is 19.6 Å². The fourth-order valence-electron chi connectivity index (χ4n) is 6.46. The summed E-state index contributed by atoms with van der Waals surface area (Å²) in [5.41, 5.74) is 2.56. The first-order valence-electron chi connectivity index (χ1n) is 15.0. The van der Waals surface area contributed by atoms with Crippen LogP contribution in [0, 0.1) is 5.92 Å². The van der Waals surface area contributed by atoms with Gasteiger partial charge in [0.2, 0.25) is 5.91 Å². The van der Waals surface area contributed by atoms with E-state index >= 15 is 0 Å². The largest absolute Gasteiger partial charge is 0.336 e. The van der Waals surface area contributed by atoms with Crippen molar-refractivity contribution >= 4 is 28.7 Å². The highest BCUT2D eigenvalue weighted by molar-refractivity contribution is 5.92. The number of hydrogen-bond donors (Lipinski definition) is 1. The van der Waals surface area contributed by atoms with Crippen molar-refractivity contribution in [1.82, 2.24) is 30.1 Å². The number of amides is 4. The fourth-order valence-corrected chi connectivity index (χ4v) is 6.46. The van der Waals surface area contributed by atoms with Gasteiger partial charge in [0, 0.05) is 31.2 Å². The molecule has 0 saturated carbocycles. The van der Waals surface area contributed by atoms with E-state index in [1.165, 1.54) is 0 Å². The van der Waals surface area contributed by atoms with Crippen molar-refractivity contribution in [3.8, 4) is 0 Å². The van der Waals surface area contributed by atoms with Gasteiger partial charge in [0.25, 0.3) is 5.91 Å². The van der Waals surface area contributed by atoms with Crippen LogP contribution in [0.4, 0.5) is 4.79 Å². The number of urea groups is 1. The maximum atomic E-state index is 14.2. The van der Waals surface area contributed by atoms with Crippen LogP contribution in [-0.2, 0) is 16.1 Å². The van der Waals surface area contributed by atoms with Crippen LogP contribution < -0.4 is 5.32 Å². The molecule has 3 heterocycles. The Morgan fingerprint density at radius 1 is 1.07 bits per heavy atom. The second-order valence-electron chi connectivity index (χ2n) is 11.3. The van der Waals surface area contributed by atoms with Gasteiger partial charge in [-0.1, -0.05) is 73.7 Å². The maximum Gasteiger partial charge on any atom is 0.332 e. The summed E-state index contributed by atoms with van der Waals surface area (Å²) in [6, 6.07) is 18.4. The molecular formula is C33H38N6O3. The minimum atomic E-state index is -0.774. The van der Waals surface area contributed by atoms with Crippen LogP contribution in [0.1, 0.15) is 49.8 Å². The first-order chi connectivity index (χ1) is 20.5. The topological polar surface area (TPSA) is 89.1 Å². The Morgan fingerprint density at radius 3 is 2.69 bits per heavy atom. The van der Waals surface area contributed by atoms with Crippen molar-refractivity contribution in [3.05, 3.63) is 90.1 Å². The molecule has 6 rings (SSSR count). The Hall–Kier alpha value is -4.24. The number of piperazine rings is 1. The fraction of sp³-hybridized carbons (Fsp3) is 0.394. The van der Waals surface area contributed by atoms with E-state index in [0.29, 0.717) is 25.6 Å². The average molecular weight is 567 g/mol. The van der Waals surface area contributed by atoms with Crippen LogP contribution in [0.5, 0.6) is 0 Å². The van der Waals surface area contributed by atoms with Gasteiger partial charge in [-0.05, 0) is 48.8 Å². The molecule has 218 valence electrons. The average Bonchev–Trinajstić information content (AvgIpc) is 3.35. The number of pyridine rings is 1. The molecule has 3 atom stereocenters. The summed E-state index contributed by atoms with van der Waals surface area (Å²) in [7, 11) is 0. The molecule has 4 amide bonds. The zero-order valence-electron chi connectivity index (χ0n) is 24.1. The summed E-state index contributed by atoms with van der Waals surface area (Å²) >= 11 is 0. The first-order valence-corrected chi connectivity index (χ1v) is 15.0. The number of hydrazine groups is 1. The number of fused-ring (bicyclic) bond motifs is 2. The zero-order valence-corrected chi connectivity index (χ0v) is 24.1. The smallest absolute Gasteiger partial charge is 0.332 e. The minimum Gasteiger partial charge on any atom is -0.336 e. The van der Waals surface area contributed by atoms with Gasteiger partial charge in [-0.15, -0.1) is 0 Å². The Labute approximate surface area is 246 Å². The summed E-state index contributed by atoms with van der Waals surface area (Å²) in [4.78, 5) is 49.5. The van der Waals surface area contributed by atoms with E-state index in [1.54, 1.807) is 16.1 Å². The van der Waals surface area contributed by atoms with E-state index in [4.69, 9.17) is 0 Å². The van der Waals surface area contributed by atoms with Gasteiger partial charge in [0.15, 0.2) is 0 Å². The zero-order chi connectivity index (χ0) is 29.1. The lowest BCUT2D eigenvalue weighted by atomic mass is 9.96. The Balaban J connectivity index is 1.31. The molecule has 3 aliphatic rings. The normalized spacial score (nSPS) is 22.5. The molecule has 42 heavy (non-hydrogen) atoms. The van der Waals surface area contributed by atoms with E-state index in [9.17, 15) is 14.4 Å². The van der Waals surface area contributed by atoms with Gasteiger partial charge in [0.1, 0.15) is 12.2 Å². The van der Waals surface area contributed by atoms with Crippen molar-refractivity contribution in [2.24, 2.45) is 5.92 Å². The van der Waals surface area contributed by atoms with Crippen molar-refractivity contribution in [1.29, 1.82) is 0 Å². The lowest BCUT2D eigenvalue weighted by molar-refractivity contribution is -0.158. The van der Waals surface area contributed by atoms with Crippen LogP contribution in [0.3, 0.4) is 0 Å². The molecule has 0 spiro atoms. The van der Waals surface area contributed by atoms with Crippen molar-refractivity contribution in [3.63, 3.8) is 0 Å². The summed E-state index contributed by atoms with van der Waals surface area (Å²) in [6.07, 6.45) is 9.67. The quantitative estimate of drug-likeness (QED) is 0.406. The predicted molar refractivity (Wildman–Crippen MR) is 161 cm³/mol. The molecule has 1 aromatic heterocycles. The molecule has 3 aromatic rings. The van der Waals surface area contributed by atoms with E-state index < -0.39 is 12.2 Å². The van der Waals surface area contributed by atoms with E-state index in [-0.39, 0.29) is 30.9 Å². The van der Waals surface area contributed by atoms with Gasteiger partial charge in [0.05, 0.1) is 18.6 Å². The third-order valence-electron chi connectivity index (χ3n) is 8.50. The van der Waals surface area contributed by atoms with Crippen LogP contribution in [0.2, 0.25) is 0 Å². The minimum absolute atomic E-state index is 0.0433. The first kappa shape index (κ1) is 27.9. The SMILES string of the molecule is CCCN(C(=O)NCC1C=CCCC1)N1CC(=O)N2C1CN(Cc1cccc3cccnc13)C(=O)[C@@H]2c1ccccc1. The second-order valence-corrected chi connectivity index (χ2v) is 11.3. The molecule has 2 saturated heterocycles. The second kappa shape index (κ2) is 12.3. The molecule has 0 radical (unpaired) electrons. The molecule has 2 unspecified atom stereocenters. The monoisotopic (exact) mass is 566 g/mol. The van der Waals surface area contributed by atoms with Crippen LogP contribution in [-0.4, -0.2) is 75.0 Å². The Morgan fingerprint density at radius 2 is 1.90 bits per heavy atom. The van der Waals surface area contributed by atoms with E-state index in [2.05, 4.69) is 22.5 Å². The van der Waals surface area contributed by atoms with Crippen LogP contribution >= 0.6 is 0 Å². The number of hydrogen-bond acceptors (Lipinski definition) is 5. The molecule has 2 fully saturated rings. The number of aromatic nitrogens is 1. The van der Waals surface area contributed by atoms with Crippen molar-refractivity contribution in [2.45, 2.75) is 51.4 Å². The highest BCUT2D eigenvalue weighted by Gasteiger charge is 2.52. The maximum absolute atomic E-state index is 14.2.